The number of benzene rings is 1. The fourth-order valence-electron chi connectivity index (χ4n) is 3.80. The average Bonchev–Trinajstić information content (AvgIpc) is 3.24. The maximum atomic E-state index is 13.2. The third-order valence-corrected chi connectivity index (χ3v) is 5.31. The SMILES string of the molecule is Cc1oc(CN(C)C(=O)C2(C)CCCN2C(=O)c2ccccc2)cc1C(=O)O. The predicted molar refractivity (Wildman–Crippen MR) is 102 cm³/mol. The molecule has 0 spiro atoms. The Labute approximate surface area is 163 Å². The van der Waals surface area contributed by atoms with E-state index in [1.165, 1.54) is 11.0 Å². The molecule has 1 unspecified atom stereocenters. The van der Waals surface area contributed by atoms with Gasteiger partial charge in [0.05, 0.1) is 6.54 Å². The zero-order chi connectivity index (χ0) is 20.5. The van der Waals surface area contributed by atoms with Gasteiger partial charge in [-0.15, -0.1) is 0 Å². The molecule has 1 saturated heterocycles. The molecule has 1 aliphatic heterocycles. The van der Waals surface area contributed by atoms with E-state index in [2.05, 4.69) is 0 Å². The molecule has 28 heavy (non-hydrogen) atoms. The maximum Gasteiger partial charge on any atom is 0.339 e. The lowest BCUT2D eigenvalue weighted by Crippen LogP contribution is -2.55. The van der Waals surface area contributed by atoms with Crippen molar-refractivity contribution in [3.05, 3.63) is 59.0 Å². The van der Waals surface area contributed by atoms with Crippen molar-refractivity contribution in [2.75, 3.05) is 13.6 Å². The lowest BCUT2D eigenvalue weighted by atomic mass is 9.96. The number of rotatable bonds is 5. The Bertz CT molecular complexity index is 905. The fourth-order valence-corrected chi connectivity index (χ4v) is 3.80. The van der Waals surface area contributed by atoms with Crippen LogP contribution in [0.15, 0.2) is 40.8 Å². The van der Waals surface area contributed by atoms with Crippen molar-refractivity contribution in [3.8, 4) is 0 Å². The first-order valence-electron chi connectivity index (χ1n) is 9.19. The standard InChI is InChI=1S/C21H24N2O5/c1-14-17(19(25)26)12-16(28-14)13-22(3)20(27)21(2)10-7-11-23(21)18(24)15-8-5-4-6-9-15/h4-6,8-9,12H,7,10-11,13H2,1-3H3,(H,25,26). The molecular formula is C21H24N2O5. The van der Waals surface area contributed by atoms with Crippen LogP contribution in [0.25, 0.3) is 0 Å². The molecule has 1 aliphatic rings. The molecule has 2 amide bonds. The summed E-state index contributed by atoms with van der Waals surface area (Å²) in [5.41, 5.74) is -0.304. The van der Waals surface area contributed by atoms with Gasteiger partial charge in [0, 0.05) is 19.2 Å². The second-order valence-electron chi connectivity index (χ2n) is 7.35. The van der Waals surface area contributed by atoms with E-state index in [0.29, 0.717) is 30.0 Å². The van der Waals surface area contributed by atoms with E-state index in [4.69, 9.17) is 9.52 Å². The van der Waals surface area contributed by atoms with Gasteiger partial charge in [0.2, 0.25) is 5.91 Å². The van der Waals surface area contributed by atoms with Gasteiger partial charge in [0.25, 0.3) is 5.91 Å². The summed E-state index contributed by atoms with van der Waals surface area (Å²) < 4.78 is 5.48. The van der Waals surface area contributed by atoms with Crippen LogP contribution in [0.1, 0.15) is 52.0 Å². The van der Waals surface area contributed by atoms with E-state index in [0.717, 1.165) is 6.42 Å². The number of aromatic carboxylic acids is 1. The van der Waals surface area contributed by atoms with Crippen molar-refractivity contribution in [3.63, 3.8) is 0 Å². The van der Waals surface area contributed by atoms with Crippen LogP contribution in [0, 0.1) is 6.92 Å². The highest BCUT2D eigenvalue weighted by Gasteiger charge is 2.47. The fraction of sp³-hybridized carbons (Fsp3) is 0.381. The summed E-state index contributed by atoms with van der Waals surface area (Å²) in [5, 5.41) is 9.16. The van der Waals surface area contributed by atoms with Crippen molar-refractivity contribution in [2.45, 2.75) is 38.8 Å². The number of carbonyl (C=O) groups excluding carboxylic acids is 2. The highest BCUT2D eigenvalue weighted by atomic mass is 16.4. The predicted octanol–water partition coefficient (Wildman–Crippen LogP) is 2.94. The normalized spacial score (nSPS) is 18.9. The zero-order valence-corrected chi connectivity index (χ0v) is 16.3. The quantitative estimate of drug-likeness (QED) is 0.856. The number of carboxylic acids is 1. The molecule has 0 bridgehead atoms. The number of hydrogen-bond donors (Lipinski definition) is 1. The van der Waals surface area contributed by atoms with Gasteiger partial charge in [-0.05, 0) is 44.9 Å². The zero-order valence-electron chi connectivity index (χ0n) is 16.3. The number of furan rings is 1. The molecule has 0 aliphatic carbocycles. The van der Waals surface area contributed by atoms with Crippen LogP contribution in [-0.4, -0.2) is 51.8 Å². The second-order valence-corrected chi connectivity index (χ2v) is 7.35. The van der Waals surface area contributed by atoms with Gasteiger partial charge in [0.15, 0.2) is 0 Å². The number of aryl methyl sites for hydroxylation is 1. The van der Waals surface area contributed by atoms with Crippen molar-refractivity contribution in [2.24, 2.45) is 0 Å². The number of nitrogens with zero attached hydrogens (tertiary/aromatic N) is 2. The number of likely N-dealkylation sites (tertiary alicyclic amines) is 1. The summed E-state index contributed by atoms with van der Waals surface area (Å²) in [4.78, 5) is 40.5. The third-order valence-electron chi connectivity index (χ3n) is 5.31. The molecule has 0 radical (unpaired) electrons. The van der Waals surface area contributed by atoms with E-state index in [-0.39, 0.29) is 23.9 Å². The number of hydrogen-bond acceptors (Lipinski definition) is 4. The van der Waals surface area contributed by atoms with Gasteiger partial charge in [-0.25, -0.2) is 4.79 Å². The van der Waals surface area contributed by atoms with E-state index in [1.54, 1.807) is 50.1 Å². The van der Waals surface area contributed by atoms with Gasteiger partial charge < -0.3 is 19.3 Å². The lowest BCUT2D eigenvalue weighted by Gasteiger charge is -2.36. The lowest BCUT2D eigenvalue weighted by molar-refractivity contribution is -0.140. The first-order valence-corrected chi connectivity index (χ1v) is 9.19. The maximum absolute atomic E-state index is 13.2. The van der Waals surface area contributed by atoms with E-state index in [9.17, 15) is 14.4 Å². The summed E-state index contributed by atoms with van der Waals surface area (Å²) in [7, 11) is 1.63. The smallest absolute Gasteiger partial charge is 0.339 e. The Morgan fingerprint density at radius 2 is 1.93 bits per heavy atom. The third kappa shape index (κ3) is 3.52. The van der Waals surface area contributed by atoms with Crippen LogP contribution in [0.3, 0.4) is 0 Å². The van der Waals surface area contributed by atoms with Crippen LogP contribution in [0.4, 0.5) is 0 Å². The first kappa shape index (κ1) is 19.7. The summed E-state index contributed by atoms with van der Waals surface area (Å²) >= 11 is 0. The molecule has 2 aromatic rings. The minimum absolute atomic E-state index is 0.0869. The van der Waals surface area contributed by atoms with Crippen LogP contribution >= 0.6 is 0 Å². The Hall–Kier alpha value is -3.09. The minimum atomic E-state index is -1.07. The first-order chi connectivity index (χ1) is 13.2. The Morgan fingerprint density at radius 3 is 2.54 bits per heavy atom. The molecule has 0 saturated carbocycles. The Morgan fingerprint density at radius 1 is 1.25 bits per heavy atom. The Balaban J connectivity index is 1.78. The molecule has 3 rings (SSSR count). The van der Waals surface area contributed by atoms with E-state index < -0.39 is 11.5 Å². The van der Waals surface area contributed by atoms with E-state index in [1.807, 2.05) is 6.07 Å². The van der Waals surface area contributed by atoms with Gasteiger partial charge in [-0.2, -0.15) is 0 Å². The molecule has 7 nitrogen and oxygen atoms in total. The van der Waals surface area contributed by atoms with Crippen LogP contribution in [-0.2, 0) is 11.3 Å². The van der Waals surface area contributed by atoms with Crippen molar-refractivity contribution >= 4 is 17.8 Å². The van der Waals surface area contributed by atoms with Crippen molar-refractivity contribution in [1.82, 2.24) is 9.80 Å². The summed E-state index contributed by atoms with van der Waals surface area (Å²) in [6.45, 7) is 4.02. The molecular weight excluding hydrogens is 360 g/mol. The summed E-state index contributed by atoms with van der Waals surface area (Å²) in [5.74, 6) is -0.724. The molecule has 1 aromatic heterocycles. The monoisotopic (exact) mass is 384 g/mol. The molecule has 2 heterocycles. The minimum Gasteiger partial charge on any atom is -0.478 e. The molecule has 1 fully saturated rings. The average molecular weight is 384 g/mol. The topological polar surface area (TPSA) is 91.1 Å². The second kappa shape index (κ2) is 7.50. The summed E-state index contributed by atoms with van der Waals surface area (Å²) in [6, 6.07) is 10.4. The van der Waals surface area contributed by atoms with Crippen molar-refractivity contribution < 1.29 is 23.9 Å². The van der Waals surface area contributed by atoms with Crippen LogP contribution < -0.4 is 0 Å². The van der Waals surface area contributed by atoms with Crippen molar-refractivity contribution in [1.29, 1.82) is 0 Å². The highest BCUT2D eigenvalue weighted by Crippen LogP contribution is 2.32. The molecule has 1 atom stereocenters. The molecule has 148 valence electrons. The number of amides is 2. The van der Waals surface area contributed by atoms with E-state index >= 15 is 0 Å². The van der Waals surface area contributed by atoms with Crippen LogP contribution in [0.5, 0.6) is 0 Å². The highest BCUT2D eigenvalue weighted by molar-refractivity contribution is 5.99. The molecule has 1 N–H and O–H groups in total. The largest absolute Gasteiger partial charge is 0.478 e. The Kier molecular flexibility index (Phi) is 5.27. The van der Waals surface area contributed by atoms with Gasteiger partial charge in [0.1, 0.15) is 22.6 Å². The number of carboxylic acid groups (broad SMARTS) is 1. The molecule has 7 heteroatoms. The van der Waals surface area contributed by atoms with Gasteiger partial charge in [-0.1, -0.05) is 18.2 Å². The summed E-state index contributed by atoms with van der Waals surface area (Å²) in [6.07, 6.45) is 1.32. The number of carbonyl (C=O) groups is 3. The van der Waals surface area contributed by atoms with Gasteiger partial charge in [-0.3, -0.25) is 9.59 Å². The van der Waals surface area contributed by atoms with Crippen LogP contribution in [0.2, 0.25) is 0 Å². The molecule has 1 aromatic carbocycles. The number of likely N-dealkylation sites (N-methyl/N-ethyl adjacent to an activating group) is 1. The van der Waals surface area contributed by atoms with Gasteiger partial charge >= 0.3 is 5.97 Å².